The summed E-state index contributed by atoms with van der Waals surface area (Å²) in [4.78, 5) is 23.0. The highest BCUT2D eigenvalue weighted by atomic mass is 19.3. The van der Waals surface area contributed by atoms with Gasteiger partial charge in [0.2, 0.25) is 5.91 Å². The third kappa shape index (κ3) is 5.79. The molecule has 7 nitrogen and oxygen atoms in total. The minimum absolute atomic E-state index is 0.00633. The summed E-state index contributed by atoms with van der Waals surface area (Å²) in [6.07, 6.45) is 1.78. The number of halogens is 2. The van der Waals surface area contributed by atoms with Crippen LogP contribution in [0.1, 0.15) is 5.56 Å². The van der Waals surface area contributed by atoms with E-state index in [2.05, 4.69) is 19.5 Å². The van der Waals surface area contributed by atoms with Crippen LogP contribution in [0.5, 0.6) is 11.5 Å². The van der Waals surface area contributed by atoms with E-state index in [0.717, 1.165) is 37.6 Å². The number of alkyl halides is 2. The van der Waals surface area contributed by atoms with E-state index in [1.807, 2.05) is 18.2 Å². The zero-order valence-electron chi connectivity index (χ0n) is 17.1. The quantitative estimate of drug-likeness (QED) is 0.654. The molecule has 2 heterocycles. The monoisotopic (exact) mass is 420 g/mol. The van der Waals surface area contributed by atoms with Crippen LogP contribution in [-0.4, -0.2) is 74.2 Å². The summed E-state index contributed by atoms with van der Waals surface area (Å²) in [5.41, 5.74) is 0.768. The minimum atomic E-state index is -2.92. The Bertz CT molecular complexity index is 830. The van der Waals surface area contributed by atoms with E-state index < -0.39 is 6.61 Å². The molecule has 162 valence electrons. The number of nitrogens with zero attached hydrogens (tertiary/aromatic N) is 4. The first-order valence-corrected chi connectivity index (χ1v) is 9.70. The molecule has 0 spiro atoms. The first-order chi connectivity index (χ1) is 14.5. The molecule has 1 aromatic carbocycles. The summed E-state index contributed by atoms with van der Waals surface area (Å²) in [6, 6.07) is 10.5. The Morgan fingerprint density at radius 3 is 2.57 bits per heavy atom. The van der Waals surface area contributed by atoms with Crippen molar-refractivity contribution >= 4 is 11.7 Å². The van der Waals surface area contributed by atoms with Gasteiger partial charge in [0.25, 0.3) is 0 Å². The first kappa shape index (κ1) is 21.8. The van der Waals surface area contributed by atoms with Crippen LogP contribution in [0.2, 0.25) is 0 Å². The second-order valence-corrected chi connectivity index (χ2v) is 7.06. The van der Waals surface area contributed by atoms with Crippen molar-refractivity contribution in [2.45, 2.75) is 13.2 Å². The Labute approximate surface area is 174 Å². The number of hydrogen-bond donors (Lipinski definition) is 0. The maximum absolute atomic E-state index is 12.6. The number of likely N-dealkylation sites (N-methyl/N-ethyl adjacent to an activating group) is 1. The van der Waals surface area contributed by atoms with Crippen LogP contribution in [0.25, 0.3) is 0 Å². The van der Waals surface area contributed by atoms with Gasteiger partial charge in [-0.2, -0.15) is 8.78 Å². The lowest BCUT2D eigenvalue weighted by Crippen LogP contribution is -2.49. The molecule has 0 unspecified atom stereocenters. The molecule has 1 amide bonds. The van der Waals surface area contributed by atoms with Gasteiger partial charge in [-0.15, -0.1) is 0 Å². The van der Waals surface area contributed by atoms with Crippen molar-refractivity contribution in [2.75, 3.05) is 51.8 Å². The lowest BCUT2D eigenvalue weighted by atomic mass is 10.2. The average molecular weight is 420 g/mol. The van der Waals surface area contributed by atoms with Gasteiger partial charge in [0, 0.05) is 46.0 Å². The first-order valence-electron chi connectivity index (χ1n) is 9.70. The summed E-state index contributed by atoms with van der Waals surface area (Å²) in [5, 5.41) is 0. The fourth-order valence-electron chi connectivity index (χ4n) is 3.35. The average Bonchev–Trinajstić information content (AvgIpc) is 2.75. The highest BCUT2D eigenvalue weighted by Gasteiger charge is 2.21. The number of methoxy groups -OCH3 is 1. The number of hydrogen-bond acceptors (Lipinski definition) is 6. The van der Waals surface area contributed by atoms with Crippen LogP contribution in [0.15, 0.2) is 42.6 Å². The van der Waals surface area contributed by atoms with Crippen LogP contribution in [0.3, 0.4) is 0 Å². The summed E-state index contributed by atoms with van der Waals surface area (Å²) < 4.78 is 34.5. The van der Waals surface area contributed by atoms with Gasteiger partial charge in [-0.1, -0.05) is 12.1 Å². The SMILES string of the molecule is COc1cc(CN(C)C(=O)CN2CCN(c3ccccn3)CC2)ccc1OC(F)F. The number of anilines is 1. The number of carbonyl (C=O) groups excluding carboxylic acids is 1. The molecule has 1 aliphatic rings. The maximum atomic E-state index is 12.6. The lowest BCUT2D eigenvalue weighted by Gasteiger charge is -2.35. The van der Waals surface area contributed by atoms with E-state index in [4.69, 9.17) is 4.74 Å². The number of carbonyl (C=O) groups is 1. The van der Waals surface area contributed by atoms with Crippen molar-refractivity contribution in [1.29, 1.82) is 0 Å². The molecular formula is C21H26F2N4O3. The van der Waals surface area contributed by atoms with Gasteiger partial charge in [-0.3, -0.25) is 9.69 Å². The molecule has 0 aliphatic carbocycles. The van der Waals surface area contributed by atoms with Crippen LogP contribution in [0.4, 0.5) is 14.6 Å². The molecular weight excluding hydrogens is 394 g/mol. The smallest absolute Gasteiger partial charge is 0.387 e. The number of piperazine rings is 1. The van der Waals surface area contributed by atoms with Crippen LogP contribution in [0, 0.1) is 0 Å². The van der Waals surface area contributed by atoms with Gasteiger partial charge < -0.3 is 19.3 Å². The number of rotatable bonds is 8. The van der Waals surface area contributed by atoms with E-state index in [1.165, 1.54) is 13.2 Å². The second-order valence-electron chi connectivity index (χ2n) is 7.06. The third-order valence-corrected chi connectivity index (χ3v) is 4.99. The molecule has 2 aromatic rings. The summed E-state index contributed by atoms with van der Waals surface area (Å²) in [7, 11) is 3.11. The molecule has 0 saturated carbocycles. The van der Waals surface area contributed by atoms with E-state index >= 15 is 0 Å². The predicted octanol–water partition coefficient (Wildman–Crippen LogP) is 2.47. The van der Waals surface area contributed by atoms with Crippen LogP contribution >= 0.6 is 0 Å². The van der Waals surface area contributed by atoms with E-state index in [-0.39, 0.29) is 17.4 Å². The van der Waals surface area contributed by atoms with Gasteiger partial charge in [0.15, 0.2) is 11.5 Å². The third-order valence-electron chi connectivity index (χ3n) is 4.99. The fourth-order valence-corrected chi connectivity index (χ4v) is 3.35. The fraction of sp³-hybridized carbons (Fsp3) is 0.429. The normalized spacial score (nSPS) is 14.6. The van der Waals surface area contributed by atoms with E-state index in [9.17, 15) is 13.6 Å². The molecule has 9 heteroatoms. The Balaban J connectivity index is 1.50. The van der Waals surface area contributed by atoms with Gasteiger partial charge in [-0.05, 0) is 29.8 Å². The molecule has 1 aromatic heterocycles. The Hall–Kier alpha value is -2.94. The number of benzene rings is 1. The number of amides is 1. The van der Waals surface area contributed by atoms with Crippen molar-refractivity contribution in [3.8, 4) is 11.5 Å². The number of pyridine rings is 1. The van der Waals surface area contributed by atoms with Crippen molar-refractivity contribution < 1.29 is 23.0 Å². The summed E-state index contributed by atoms with van der Waals surface area (Å²) >= 11 is 0. The molecule has 1 aliphatic heterocycles. The summed E-state index contributed by atoms with van der Waals surface area (Å²) in [6.45, 7) is 0.946. The Morgan fingerprint density at radius 2 is 1.93 bits per heavy atom. The van der Waals surface area contributed by atoms with Gasteiger partial charge in [-0.25, -0.2) is 4.98 Å². The highest BCUT2D eigenvalue weighted by molar-refractivity contribution is 5.78. The van der Waals surface area contributed by atoms with E-state index in [1.54, 1.807) is 30.3 Å². The van der Waals surface area contributed by atoms with Crippen molar-refractivity contribution in [2.24, 2.45) is 0 Å². The largest absolute Gasteiger partial charge is 0.493 e. The topological polar surface area (TPSA) is 58.1 Å². The van der Waals surface area contributed by atoms with Gasteiger partial charge in [0.05, 0.1) is 13.7 Å². The molecule has 1 fully saturated rings. The molecule has 0 N–H and O–H groups in total. The molecule has 3 rings (SSSR count). The summed E-state index contributed by atoms with van der Waals surface area (Å²) in [5.74, 6) is 1.12. The number of ether oxygens (including phenoxy) is 2. The van der Waals surface area contributed by atoms with Gasteiger partial charge in [0.1, 0.15) is 5.82 Å². The van der Waals surface area contributed by atoms with Crippen molar-refractivity contribution in [3.63, 3.8) is 0 Å². The van der Waals surface area contributed by atoms with Gasteiger partial charge >= 0.3 is 6.61 Å². The maximum Gasteiger partial charge on any atom is 0.387 e. The standard InChI is InChI=1S/C21H26F2N4O3/c1-25(14-16-6-7-17(30-21(22)23)18(13-16)29-2)20(28)15-26-9-11-27(12-10-26)19-5-3-4-8-24-19/h3-8,13,21H,9-12,14-15H2,1-2H3. The number of aromatic nitrogens is 1. The van der Waals surface area contributed by atoms with Crippen LogP contribution in [-0.2, 0) is 11.3 Å². The second kappa shape index (κ2) is 10.2. The lowest BCUT2D eigenvalue weighted by molar-refractivity contribution is -0.131. The van der Waals surface area contributed by atoms with Crippen molar-refractivity contribution in [1.82, 2.24) is 14.8 Å². The van der Waals surface area contributed by atoms with Crippen molar-refractivity contribution in [3.05, 3.63) is 48.2 Å². The predicted molar refractivity (Wildman–Crippen MR) is 109 cm³/mol. The molecule has 1 saturated heterocycles. The Morgan fingerprint density at radius 1 is 1.17 bits per heavy atom. The highest BCUT2D eigenvalue weighted by Crippen LogP contribution is 2.29. The zero-order chi connectivity index (χ0) is 21.5. The minimum Gasteiger partial charge on any atom is -0.493 e. The Kier molecular flexibility index (Phi) is 7.40. The van der Waals surface area contributed by atoms with Crippen LogP contribution < -0.4 is 14.4 Å². The molecule has 0 bridgehead atoms. The zero-order valence-corrected chi connectivity index (χ0v) is 17.1. The van der Waals surface area contributed by atoms with E-state index in [0.29, 0.717) is 13.1 Å². The molecule has 0 radical (unpaired) electrons. The molecule has 30 heavy (non-hydrogen) atoms. The molecule has 0 atom stereocenters.